The van der Waals surface area contributed by atoms with Crippen LogP contribution in [0.15, 0.2) is 12.3 Å². The maximum Gasteiger partial charge on any atom is 0.225 e. The summed E-state index contributed by atoms with van der Waals surface area (Å²) in [6, 6.07) is 1.65. The van der Waals surface area contributed by atoms with E-state index in [2.05, 4.69) is 25.8 Å². The molecule has 0 fully saturated rings. The van der Waals surface area contributed by atoms with Crippen molar-refractivity contribution in [1.82, 2.24) is 4.98 Å². The Bertz CT molecular complexity index is 385. The van der Waals surface area contributed by atoms with Gasteiger partial charge in [-0.3, -0.25) is 9.78 Å². The normalized spacial score (nSPS) is 11.5. The molecule has 1 heterocycles. The Morgan fingerprint density at radius 2 is 2.13 bits per heavy atom. The monoisotopic (exact) mass is 337 g/mol. The third-order valence-corrected chi connectivity index (χ3v) is 2.73. The molecule has 0 unspecified atom stereocenters. The second kappa shape index (κ2) is 4.78. The molecule has 0 spiro atoms. The van der Waals surface area contributed by atoms with E-state index in [-0.39, 0.29) is 9.20 Å². The molecule has 0 aromatic carbocycles. The minimum atomic E-state index is -0.0510. The average molecular weight is 338 g/mol. The van der Waals surface area contributed by atoms with Gasteiger partial charge < -0.3 is 0 Å². The first kappa shape index (κ1) is 12.9. The maximum atomic E-state index is 11.4. The molecule has 2 nitrogen and oxygen atoms in total. The van der Waals surface area contributed by atoms with Crippen LogP contribution in [0.5, 0.6) is 0 Å². The third-order valence-electron chi connectivity index (χ3n) is 1.87. The number of halogens is 2. The Balaban J connectivity index is 3.18. The Morgan fingerprint density at radius 1 is 1.53 bits per heavy atom. The van der Waals surface area contributed by atoms with Crippen LogP contribution >= 0.6 is 34.2 Å². The van der Waals surface area contributed by atoms with Gasteiger partial charge in [0.15, 0.2) is 0 Å². The molecule has 0 atom stereocenters. The number of carbonyl (C=O) groups excluding carboxylic acids is 1. The van der Waals surface area contributed by atoms with Crippen molar-refractivity contribution in [2.45, 2.75) is 27.2 Å². The second-order valence-corrected chi connectivity index (χ2v) is 6.01. The summed E-state index contributed by atoms with van der Waals surface area (Å²) >= 11 is 7.74. The van der Waals surface area contributed by atoms with Crippen molar-refractivity contribution in [2.24, 2.45) is 5.41 Å². The molecule has 4 heteroatoms. The van der Waals surface area contributed by atoms with Crippen LogP contribution in [0.1, 0.15) is 36.8 Å². The van der Waals surface area contributed by atoms with E-state index in [0.717, 1.165) is 12.1 Å². The molecule has 0 bridgehead atoms. The second-order valence-electron chi connectivity index (χ2n) is 4.63. The number of carbonyl (C=O) groups is 1. The smallest absolute Gasteiger partial charge is 0.225 e. The van der Waals surface area contributed by atoms with E-state index in [1.54, 1.807) is 34.9 Å². The highest BCUT2D eigenvalue weighted by atomic mass is 127. The molecule has 0 aliphatic carbocycles. The molecule has 0 amide bonds. The highest BCUT2D eigenvalue weighted by Crippen LogP contribution is 2.27. The quantitative estimate of drug-likeness (QED) is 0.605. The molecule has 82 valence electrons. The van der Waals surface area contributed by atoms with Crippen LogP contribution < -0.4 is 0 Å². The molecule has 1 aromatic heterocycles. The van der Waals surface area contributed by atoms with Gasteiger partial charge in [-0.1, -0.05) is 32.4 Å². The van der Waals surface area contributed by atoms with Crippen molar-refractivity contribution in [3.8, 4) is 0 Å². The molecule has 15 heavy (non-hydrogen) atoms. The van der Waals surface area contributed by atoms with Crippen molar-refractivity contribution in [3.63, 3.8) is 0 Å². The number of hydrogen-bond acceptors (Lipinski definition) is 2. The minimum absolute atomic E-state index is 0.0510. The Labute approximate surface area is 109 Å². The number of rotatable bonds is 2. The first-order valence-electron chi connectivity index (χ1n) is 4.64. The van der Waals surface area contributed by atoms with Gasteiger partial charge in [0.1, 0.15) is 0 Å². The topological polar surface area (TPSA) is 30.0 Å². The van der Waals surface area contributed by atoms with E-state index < -0.39 is 0 Å². The van der Waals surface area contributed by atoms with Crippen LogP contribution in [0.2, 0.25) is 5.02 Å². The van der Waals surface area contributed by atoms with Crippen LogP contribution in [0.3, 0.4) is 0 Å². The lowest BCUT2D eigenvalue weighted by atomic mass is 9.89. The Kier molecular flexibility index (Phi) is 4.12. The molecular formula is C11H13ClINO. The SMILES string of the molecule is CC(C)(C)Cc1nccc(Cl)c1C(=O)I. The van der Waals surface area contributed by atoms with Gasteiger partial charge in [-0.2, -0.15) is 0 Å². The zero-order valence-corrected chi connectivity index (χ0v) is 11.9. The standard InChI is InChI=1S/C11H13ClINO/c1-11(2,3)6-8-9(10(13)15)7(12)4-5-14-8/h4-5H,6H2,1-3H3. The summed E-state index contributed by atoms with van der Waals surface area (Å²) in [6.45, 7) is 6.32. The first-order chi connectivity index (χ1) is 6.81. The number of hydrogen-bond donors (Lipinski definition) is 0. The van der Waals surface area contributed by atoms with Gasteiger partial charge >= 0.3 is 0 Å². The Morgan fingerprint density at radius 3 is 2.60 bits per heavy atom. The van der Waals surface area contributed by atoms with Gasteiger partial charge in [0.25, 0.3) is 0 Å². The molecule has 1 aromatic rings. The van der Waals surface area contributed by atoms with Gasteiger partial charge in [0.2, 0.25) is 3.79 Å². The number of pyridine rings is 1. The summed E-state index contributed by atoms with van der Waals surface area (Å²) in [5.74, 6) is 0. The van der Waals surface area contributed by atoms with Crippen molar-refractivity contribution < 1.29 is 4.79 Å². The largest absolute Gasteiger partial charge is 0.282 e. The van der Waals surface area contributed by atoms with E-state index in [1.807, 2.05) is 0 Å². The molecule has 0 aliphatic rings. The predicted octanol–water partition coefficient (Wildman–Crippen LogP) is 3.90. The van der Waals surface area contributed by atoms with E-state index in [4.69, 9.17) is 11.6 Å². The summed E-state index contributed by atoms with van der Waals surface area (Å²) in [5.41, 5.74) is 1.43. The number of aromatic nitrogens is 1. The first-order valence-corrected chi connectivity index (χ1v) is 6.10. The zero-order valence-electron chi connectivity index (χ0n) is 8.97. The van der Waals surface area contributed by atoms with E-state index >= 15 is 0 Å². The lowest BCUT2D eigenvalue weighted by Crippen LogP contribution is -2.13. The predicted molar refractivity (Wildman–Crippen MR) is 70.8 cm³/mol. The molecule has 0 radical (unpaired) electrons. The van der Waals surface area contributed by atoms with Crippen LogP contribution in [-0.2, 0) is 6.42 Å². The van der Waals surface area contributed by atoms with Crippen molar-refractivity contribution in [2.75, 3.05) is 0 Å². The number of nitrogens with zero attached hydrogens (tertiary/aromatic N) is 1. The van der Waals surface area contributed by atoms with Crippen molar-refractivity contribution in [1.29, 1.82) is 0 Å². The minimum Gasteiger partial charge on any atom is -0.282 e. The lowest BCUT2D eigenvalue weighted by molar-refractivity contribution is 0.110. The fourth-order valence-electron chi connectivity index (χ4n) is 1.32. The van der Waals surface area contributed by atoms with Gasteiger partial charge in [-0.25, -0.2) is 0 Å². The summed E-state index contributed by atoms with van der Waals surface area (Å²) in [5, 5.41) is 0.489. The van der Waals surface area contributed by atoms with Crippen LogP contribution in [0.25, 0.3) is 0 Å². The summed E-state index contributed by atoms with van der Waals surface area (Å²) in [6.07, 6.45) is 2.39. The van der Waals surface area contributed by atoms with E-state index in [1.165, 1.54) is 0 Å². The van der Waals surface area contributed by atoms with Gasteiger partial charge in [0.05, 0.1) is 16.3 Å². The van der Waals surface area contributed by atoms with Crippen molar-refractivity contribution >= 4 is 38.0 Å². The molecule has 0 saturated heterocycles. The average Bonchev–Trinajstić information content (AvgIpc) is 1.99. The molecule has 1 rings (SSSR count). The van der Waals surface area contributed by atoms with Crippen LogP contribution in [-0.4, -0.2) is 8.77 Å². The molecule has 0 aliphatic heterocycles. The summed E-state index contributed by atoms with van der Waals surface area (Å²) in [7, 11) is 0. The van der Waals surface area contributed by atoms with Crippen LogP contribution in [0.4, 0.5) is 0 Å². The molecule has 0 saturated carbocycles. The lowest BCUT2D eigenvalue weighted by Gasteiger charge is -2.18. The summed E-state index contributed by atoms with van der Waals surface area (Å²) in [4.78, 5) is 15.7. The maximum absolute atomic E-state index is 11.4. The molecule has 0 N–H and O–H groups in total. The third kappa shape index (κ3) is 3.72. The van der Waals surface area contributed by atoms with E-state index in [0.29, 0.717) is 10.6 Å². The highest BCUT2D eigenvalue weighted by molar-refractivity contribution is 14.1. The highest BCUT2D eigenvalue weighted by Gasteiger charge is 2.19. The van der Waals surface area contributed by atoms with Gasteiger partial charge in [0, 0.05) is 28.8 Å². The van der Waals surface area contributed by atoms with Crippen molar-refractivity contribution in [3.05, 3.63) is 28.5 Å². The zero-order chi connectivity index (χ0) is 11.6. The fraction of sp³-hybridized carbons (Fsp3) is 0.455. The van der Waals surface area contributed by atoms with Gasteiger partial charge in [-0.15, -0.1) is 0 Å². The molecular weight excluding hydrogens is 324 g/mol. The fourth-order valence-corrected chi connectivity index (χ4v) is 2.33. The Hall–Kier alpha value is -0.160. The van der Waals surface area contributed by atoms with Gasteiger partial charge in [-0.05, 0) is 17.9 Å². The summed E-state index contributed by atoms with van der Waals surface area (Å²) < 4.78 is -0.0510. The van der Waals surface area contributed by atoms with Crippen LogP contribution in [0, 0.1) is 5.41 Å². The van der Waals surface area contributed by atoms with E-state index in [9.17, 15) is 4.79 Å².